The maximum atomic E-state index is 9.55. The number of nitrogens with zero attached hydrogens (tertiary/aromatic N) is 3. The van der Waals surface area contributed by atoms with E-state index in [2.05, 4.69) is 39.9 Å². The molecule has 2 heterocycles. The summed E-state index contributed by atoms with van der Waals surface area (Å²) in [7, 11) is 0. The molecule has 2 aromatic heterocycles. The molecule has 2 N–H and O–H groups in total. The highest BCUT2D eigenvalue weighted by atomic mass is 35.5. The first-order valence-corrected chi connectivity index (χ1v) is 8.88. The maximum absolute atomic E-state index is 9.55. The molecule has 3 aromatic rings. The van der Waals surface area contributed by atoms with E-state index in [1.807, 2.05) is 36.7 Å². The summed E-state index contributed by atoms with van der Waals surface area (Å²) in [5.74, 6) is -2.51. The molecule has 146 valence electrons. The number of carbonyl (C=O) groups is 2. The molecule has 7 nitrogen and oxygen atoms in total. The van der Waals surface area contributed by atoms with E-state index in [0.717, 1.165) is 34.6 Å². The Morgan fingerprint density at radius 2 is 1.75 bits per heavy atom. The molecule has 0 saturated carbocycles. The second kappa shape index (κ2) is 10.1. The number of hydrogen-bond donors (Lipinski definition) is 2. The predicted molar refractivity (Wildman–Crippen MR) is 109 cm³/mol. The van der Waals surface area contributed by atoms with Gasteiger partial charge >= 0.3 is 11.9 Å². The van der Waals surface area contributed by atoms with Crippen LogP contribution in [0.1, 0.15) is 13.3 Å². The molecule has 0 fully saturated rings. The highest BCUT2D eigenvalue weighted by Crippen LogP contribution is 2.24. The summed E-state index contributed by atoms with van der Waals surface area (Å²) in [5.41, 5.74) is 2.29. The Kier molecular flexibility index (Phi) is 7.59. The molecule has 0 bridgehead atoms. The number of hydrogen-bond acceptors (Lipinski definition) is 4. The van der Waals surface area contributed by atoms with E-state index in [4.69, 9.17) is 21.8 Å². The standard InChI is InChI=1S/C16H16ClN3.C4H4O4/c1-2-10-19(15-5-8-18-9-6-15)20-11-7-13-12-14(17)3-4-16(13)20;5-3(6)1-2-4(7)8/h3-9,11-12H,2,10H2,1H3;1-2H,(H,5,6)(H,7,8)/b;2-1-. The molecule has 0 radical (unpaired) electrons. The van der Waals surface area contributed by atoms with Crippen molar-refractivity contribution < 1.29 is 19.8 Å². The van der Waals surface area contributed by atoms with Gasteiger partial charge in [0.05, 0.1) is 11.2 Å². The van der Waals surface area contributed by atoms with Gasteiger partial charge in [-0.3, -0.25) is 14.7 Å². The number of pyridine rings is 1. The SMILES string of the molecule is CCCN(c1ccncc1)n1ccc2cc(Cl)ccc21.O=C(O)/C=C\C(=O)O. The van der Waals surface area contributed by atoms with Crippen LogP contribution in [0.15, 0.2) is 67.1 Å². The molecule has 0 aliphatic carbocycles. The van der Waals surface area contributed by atoms with Crippen LogP contribution in [-0.4, -0.2) is 38.4 Å². The molecule has 0 amide bonds. The Morgan fingerprint density at radius 1 is 1.11 bits per heavy atom. The molecule has 0 aliphatic rings. The molecule has 0 saturated heterocycles. The number of halogens is 1. The van der Waals surface area contributed by atoms with Gasteiger partial charge in [0.15, 0.2) is 0 Å². The summed E-state index contributed by atoms with van der Waals surface area (Å²) < 4.78 is 2.17. The molecule has 0 atom stereocenters. The second-order valence-electron chi connectivity index (χ2n) is 5.70. The molecule has 1 aromatic carbocycles. The van der Waals surface area contributed by atoms with Gasteiger partial charge < -0.3 is 10.2 Å². The highest BCUT2D eigenvalue weighted by molar-refractivity contribution is 6.31. The van der Waals surface area contributed by atoms with Crippen LogP contribution in [0.25, 0.3) is 10.9 Å². The van der Waals surface area contributed by atoms with E-state index in [1.54, 1.807) is 0 Å². The van der Waals surface area contributed by atoms with Gasteiger partial charge in [-0.25, -0.2) is 9.59 Å². The number of aliphatic carboxylic acids is 2. The van der Waals surface area contributed by atoms with Gasteiger partial charge in [0, 0.05) is 47.7 Å². The number of benzene rings is 1. The first kappa shape index (κ1) is 21.0. The first-order chi connectivity index (χ1) is 13.4. The van der Waals surface area contributed by atoms with Crippen LogP contribution in [0.5, 0.6) is 0 Å². The van der Waals surface area contributed by atoms with Gasteiger partial charge in [0.2, 0.25) is 0 Å². The number of aromatic nitrogens is 2. The number of anilines is 1. The fourth-order valence-electron chi connectivity index (χ4n) is 2.54. The summed E-state index contributed by atoms with van der Waals surface area (Å²) in [6.45, 7) is 3.12. The minimum absolute atomic E-state index is 0.558. The Labute approximate surface area is 167 Å². The highest BCUT2D eigenvalue weighted by Gasteiger charge is 2.10. The summed E-state index contributed by atoms with van der Waals surface area (Å²) in [6.07, 6.45) is 7.90. The van der Waals surface area contributed by atoms with E-state index in [0.29, 0.717) is 12.2 Å². The molecule has 0 unspecified atom stereocenters. The van der Waals surface area contributed by atoms with E-state index >= 15 is 0 Å². The molecule has 3 rings (SSSR count). The topological polar surface area (TPSA) is 95.7 Å². The van der Waals surface area contributed by atoms with Crippen molar-refractivity contribution in [2.24, 2.45) is 0 Å². The monoisotopic (exact) mass is 401 g/mol. The lowest BCUT2D eigenvalue weighted by atomic mass is 10.2. The van der Waals surface area contributed by atoms with E-state index in [-0.39, 0.29) is 0 Å². The third-order valence-corrected chi connectivity index (χ3v) is 3.89. The Bertz CT molecular complexity index is 954. The first-order valence-electron chi connectivity index (χ1n) is 8.50. The van der Waals surface area contributed by atoms with Crippen molar-refractivity contribution in [3.05, 3.63) is 72.2 Å². The molecule has 8 heteroatoms. The average molecular weight is 402 g/mol. The van der Waals surface area contributed by atoms with Crippen molar-refractivity contribution >= 4 is 40.1 Å². The minimum atomic E-state index is -1.26. The number of fused-ring (bicyclic) bond motifs is 1. The lowest BCUT2D eigenvalue weighted by Crippen LogP contribution is -2.29. The second-order valence-corrected chi connectivity index (χ2v) is 6.14. The van der Waals surface area contributed by atoms with Gasteiger partial charge in [0.1, 0.15) is 0 Å². The zero-order valence-electron chi connectivity index (χ0n) is 15.2. The molecule has 0 aliphatic heterocycles. The van der Waals surface area contributed by atoms with E-state index in [1.165, 1.54) is 0 Å². The molecule has 0 spiro atoms. The Balaban J connectivity index is 0.000000300. The van der Waals surface area contributed by atoms with E-state index in [9.17, 15) is 9.59 Å². The van der Waals surface area contributed by atoms with Crippen molar-refractivity contribution in [2.45, 2.75) is 13.3 Å². The van der Waals surface area contributed by atoms with Crippen molar-refractivity contribution in [2.75, 3.05) is 11.6 Å². The van der Waals surface area contributed by atoms with Crippen LogP contribution in [0.3, 0.4) is 0 Å². The van der Waals surface area contributed by atoms with Gasteiger partial charge in [-0.2, -0.15) is 0 Å². The number of carboxylic acids is 2. The Hall–Kier alpha value is -3.32. The fraction of sp³-hybridized carbons (Fsp3) is 0.150. The third-order valence-electron chi connectivity index (χ3n) is 3.66. The predicted octanol–water partition coefficient (Wildman–Crippen LogP) is 4.08. The largest absolute Gasteiger partial charge is 0.478 e. The zero-order chi connectivity index (χ0) is 20.5. The summed E-state index contributed by atoms with van der Waals surface area (Å²) in [5, 5.41) is 19.8. The van der Waals surface area contributed by atoms with Crippen molar-refractivity contribution in [1.29, 1.82) is 0 Å². The van der Waals surface area contributed by atoms with Crippen LogP contribution in [0.2, 0.25) is 5.02 Å². The number of carboxylic acid groups (broad SMARTS) is 2. The average Bonchev–Trinajstić information content (AvgIpc) is 3.08. The fourth-order valence-corrected chi connectivity index (χ4v) is 2.72. The van der Waals surface area contributed by atoms with E-state index < -0.39 is 11.9 Å². The lowest BCUT2D eigenvalue weighted by Gasteiger charge is -2.26. The van der Waals surface area contributed by atoms with Gasteiger partial charge in [0.25, 0.3) is 0 Å². The summed E-state index contributed by atoms with van der Waals surface area (Å²) in [4.78, 5) is 23.2. The van der Waals surface area contributed by atoms with Gasteiger partial charge in [-0.15, -0.1) is 0 Å². The van der Waals surface area contributed by atoms with Crippen LogP contribution in [0.4, 0.5) is 5.69 Å². The molecular weight excluding hydrogens is 382 g/mol. The maximum Gasteiger partial charge on any atom is 0.328 e. The third kappa shape index (κ3) is 5.85. The quantitative estimate of drug-likeness (QED) is 0.604. The van der Waals surface area contributed by atoms with Crippen molar-refractivity contribution in [1.82, 2.24) is 9.66 Å². The normalized spacial score (nSPS) is 10.5. The summed E-state index contributed by atoms with van der Waals surface area (Å²) >= 11 is 6.05. The lowest BCUT2D eigenvalue weighted by molar-refractivity contribution is -0.134. The summed E-state index contributed by atoms with van der Waals surface area (Å²) in [6, 6.07) is 12.1. The van der Waals surface area contributed by atoms with Gasteiger partial charge in [-0.05, 0) is 42.8 Å². The Morgan fingerprint density at radius 3 is 2.32 bits per heavy atom. The van der Waals surface area contributed by atoms with Crippen LogP contribution in [0, 0.1) is 0 Å². The van der Waals surface area contributed by atoms with Crippen LogP contribution < -0.4 is 5.01 Å². The minimum Gasteiger partial charge on any atom is -0.478 e. The van der Waals surface area contributed by atoms with Crippen molar-refractivity contribution in [3.8, 4) is 0 Å². The molecular formula is C20H20ClN3O4. The number of rotatable bonds is 6. The van der Waals surface area contributed by atoms with Crippen LogP contribution in [-0.2, 0) is 9.59 Å². The smallest absolute Gasteiger partial charge is 0.328 e. The zero-order valence-corrected chi connectivity index (χ0v) is 16.0. The van der Waals surface area contributed by atoms with Crippen molar-refractivity contribution in [3.63, 3.8) is 0 Å². The van der Waals surface area contributed by atoms with Crippen LogP contribution >= 0.6 is 11.6 Å². The molecule has 28 heavy (non-hydrogen) atoms. The van der Waals surface area contributed by atoms with Gasteiger partial charge in [-0.1, -0.05) is 18.5 Å².